The smallest absolute Gasteiger partial charge is 0.176 e. The van der Waals surface area contributed by atoms with Gasteiger partial charge in [-0.05, 0) is 31.4 Å². The normalized spacial score (nSPS) is 17.4. The molecule has 0 atom stereocenters. The van der Waals surface area contributed by atoms with Crippen molar-refractivity contribution < 1.29 is 8.42 Å². The van der Waals surface area contributed by atoms with Crippen LogP contribution in [0.3, 0.4) is 0 Å². The molecule has 1 heterocycles. The van der Waals surface area contributed by atoms with Crippen LogP contribution in [0.1, 0.15) is 19.3 Å². The van der Waals surface area contributed by atoms with Gasteiger partial charge in [-0.1, -0.05) is 6.07 Å². The Labute approximate surface area is 97.0 Å². The minimum atomic E-state index is -3.15. The van der Waals surface area contributed by atoms with E-state index >= 15 is 0 Å². The number of hydrogen-bond donors (Lipinski definition) is 0. The van der Waals surface area contributed by atoms with Crippen LogP contribution >= 0.6 is 0 Å². The molecule has 0 saturated carbocycles. The lowest BCUT2D eigenvalue weighted by Crippen LogP contribution is -2.29. The third-order valence-corrected chi connectivity index (χ3v) is 3.91. The Balaban J connectivity index is 2.28. The molecule has 1 aliphatic heterocycles. The molecule has 2 rings (SSSR count). The second-order valence-electron chi connectivity index (χ2n) is 4.23. The standard InChI is InChI=1S/C12H16NO2S/c1-16(14,15)12-7-5-6-11(10-12)13-8-3-2-4-9-13/h5-6,10H,2-4,8-9H2,1H3. The van der Waals surface area contributed by atoms with Crippen molar-refractivity contribution in [3.05, 3.63) is 24.3 Å². The molecule has 1 aromatic carbocycles. The summed E-state index contributed by atoms with van der Waals surface area (Å²) in [6.07, 6.45) is 4.87. The van der Waals surface area contributed by atoms with E-state index in [1.807, 2.05) is 6.07 Å². The summed E-state index contributed by atoms with van der Waals surface area (Å²) in [5.41, 5.74) is 0.999. The van der Waals surface area contributed by atoms with E-state index in [4.69, 9.17) is 0 Å². The summed E-state index contributed by atoms with van der Waals surface area (Å²) in [5, 5.41) is 0. The van der Waals surface area contributed by atoms with Crippen molar-refractivity contribution in [1.82, 2.24) is 0 Å². The van der Waals surface area contributed by atoms with Gasteiger partial charge in [-0.2, -0.15) is 0 Å². The summed E-state index contributed by atoms with van der Waals surface area (Å²) >= 11 is 0. The Morgan fingerprint density at radius 1 is 1.25 bits per heavy atom. The second kappa shape index (κ2) is 4.45. The summed E-state index contributed by atoms with van der Waals surface area (Å²) in [6.45, 7) is 2.04. The molecular weight excluding hydrogens is 222 g/mol. The summed E-state index contributed by atoms with van der Waals surface area (Å²) in [5.74, 6) is 0. The summed E-state index contributed by atoms with van der Waals surface area (Å²) in [7, 11) is -3.15. The first-order valence-corrected chi connectivity index (χ1v) is 7.43. The van der Waals surface area contributed by atoms with Gasteiger partial charge in [0.2, 0.25) is 0 Å². The van der Waals surface area contributed by atoms with Crippen molar-refractivity contribution in [2.75, 3.05) is 24.2 Å². The van der Waals surface area contributed by atoms with E-state index in [-0.39, 0.29) is 4.90 Å². The molecule has 87 valence electrons. The maximum Gasteiger partial charge on any atom is 0.176 e. The van der Waals surface area contributed by atoms with Crippen molar-refractivity contribution >= 4 is 15.5 Å². The number of sulfone groups is 1. The first-order valence-electron chi connectivity index (χ1n) is 5.54. The van der Waals surface area contributed by atoms with Gasteiger partial charge in [0.1, 0.15) is 0 Å². The maximum atomic E-state index is 11.4. The van der Waals surface area contributed by atoms with E-state index in [0.717, 1.165) is 18.8 Å². The van der Waals surface area contributed by atoms with Crippen LogP contribution in [0.2, 0.25) is 0 Å². The van der Waals surface area contributed by atoms with E-state index in [1.54, 1.807) is 12.1 Å². The second-order valence-corrected chi connectivity index (χ2v) is 6.22. The van der Waals surface area contributed by atoms with E-state index in [2.05, 4.69) is 11.0 Å². The molecule has 1 radical (unpaired) electrons. The van der Waals surface area contributed by atoms with Crippen LogP contribution in [0.25, 0.3) is 0 Å². The van der Waals surface area contributed by atoms with Gasteiger partial charge in [-0.15, -0.1) is 0 Å². The van der Waals surface area contributed by atoms with Crippen molar-refractivity contribution in [3.8, 4) is 0 Å². The zero-order valence-corrected chi connectivity index (χ0v) is 10.3. The Morgan fingerprint density at radius 3 is 2.56 bits per heavy atom. The highest BCUT2D eigenvalue weighted by molar-refractivity contribution is 7.90. The Bertz CT molecular complexity index is 462. The predicted octanol–water partition coefficient (Wildman–Crippen LogP) is 1.88. The molecule has 0 amide bonds. The molecule has 0 unspecified atom stereocenters. The number of nitrogens with zero attached hydrogens (tertiary/aromatic N) is 1. The molecule has 0 aliphatic carbocycles. The topological polar surface area (TPSA) is 37.4 Å². The molecule has 1 fully saturated rings. The average molecular weight is 238 g/mol. The van der Waals surface area contributed by atoms with E-state index in [9.17, 15) is 8.42 Å². The number of piperidine rings is 1. The van der Waals surface area contributed by atoms with Gasteiger partial charge in [-0.3, -0.25) is 0 Å². The molecule has 3 nitrogen and oxygen atoms in total. The number of hydrogen-bond acceptors (Lipinski definition) is 3. The lowest BCUT2D eigenvalue weighted by Gasteiger charge is -2.28. The molecule has 0 N–H and O–H groups in total. The van der Waals surface area contributed by atoms with E-state index in [0.29, 0.717) is 0 Å². The lowest BCUT2D eigenvalue weighted by molar-refractivity contribution is 0.577. The van der Waals surface area contributed by atoms with Gasteiger partial charge in [0.25, 0.3) is 0 Å². The van der Waals surface area contributed by atoms with Crippen molar-refractivity contribution in [3.63, 3.8) is 0 Å². The molecule has 0 spiro atoms. The Morgan fingerprint density at radius 2 is 1.94 bits per heavy atom. The zero-order chi connectivity index (χ0) is 11.6. The number of anilines is 1. The quantitative estimate of drug-likeness (QED) is 0.789. The average Bonchev–Trinajstić information content (AvgIpc) is 2.29. The maximum absolute atomic E-state index is 11.4. The summed E-state index contributed by atoms with van der Waals surface area (Å²) in [6, 6.07) is 8.12. The van der Waals surface area contributed by atoms with Gasteiger partial charge in [0, 0.05) is 31.1 Å². The fourth-order valence-corrected chi connectivity index (χ4v) is 2.61. The zero-order valence-electron chi connectivity index (χ0n) is 9.44. The Hall–Kier alpha value is -1.03. The molecular formula is C12H16NO2S. The van der Waals surface area contributed by atoms with Crippen LogP contribution in [0.15, 0.2) is 23.1 Å². The third kappa shape index (κ3) is 2.55. The molecule has 0 bridgehead atoms. The first kappa shape index (κ1) is 11.5. The molecule has 16 heavy (non-hydrogen) atoms. The molecule has 1 saturated heterocycles. The fourth-order valence-electron chi connectivity index (χ4n) is 2.00. The molecule has 0 aromatic heterocycles. The van der Waals surface area contributed by atoms with Gasteiger partial charge >= 0.3 is 0 Å². The third-order valence-electron chi connectivity index (χ3n) is 2.88. The number of benzene rings is 1. The fraction of sp³-hybridized carbons (Fsp3) is 0.500. The minimum absolute atomic E-state index is 0.288. The number of rotatable bonds is 2. The molecule has 4 heteroatoms. The van der Waals surface area contributed by atoms with Crippen LogP contribution < -0.4 is 4.90 Å². The van der Waals surface area contributed by atoms with Crippen molar-refractivity contribution in [1.29, 1.82) is 0 Å². The predicted molar refractivity (Wildman–Crippen MR) is 64.5 cm³/mol. The van der Waals surface area contributed by atoms with Crippen LogP contribution in [-0.2, 0) is 9.84 Å². The van der Waals surface area contributed by atoms with Crippen molar-refractivity contribution in [2.24, 2.45) is 0 Å². The molecule has 1 aromatic rings. The highest BCUT2D eigenvalue weighted by atomic mass is 32.2. The van der Waals surface area contributed by atoms with Crippen LogP contribution in [0, 0.1) is 6.07 Å². The van der Waals surface area contributed by atoms with E-state index < -0.39 is 9.84 Å². The largest absolute Gasteiger partial charge is 0.372 e. The van der Waals surface area contributed by atoms with Crippen LogP contribution in [-0.4, -0.2) is 27.8 Å². The summed E-state index contributed by atoms with van der Waals surface area (Å²) < 4.78 is 22.8. The van der Waals surface area contributed by atoms with Gasteiger partial charge < -0.3 is 4.90 Å². The van der Waals surface area contributed by atoms with Gasteiger partial charge in [-0.25, -0.2) is 8.42 Å². The first-order chi connectivity index (χ1) is 7.57. The minimum Gasteiger partial charge on any atom is -0.372 e. The molecule has 1 aliphatic rings. The highest BCUT2D eigenvalue weighted by Crippen LogP contribution is 2.22. The van der Waals surface area contributed by atoms with Crippen LogP contribution in [0.4, 0.5) is 5.69 Å². The van der Waals surface area contributed by atoms with Gasteiger partial charge in [0.15, 0.2) is 9.84 Å². The highest BCUT2D eigenvalue weighted by Gasteiger charge is 2.13. The van der Waals surface area contributed by atoms with Gasteiger partial charge in [0.05, 0.1) is 4.90 Å². The Kier molecular flexibility index (Phi) is 3.19. The lowest BCUT2D eigenvalue weighted by atomic mass is 10.1. The SMILES string of the molecule is CS(=O)(=O)c1[c]ccc(N2CCCCC2)c1. The monoisotopic (exact) mass is 238 g/mol. The van der Waals surface area contributed by atoms with Crippen LogP contribution in [0.5, 0.6) is 0 Å². The van der Waals surface area contributed by atoms with Crippen molar-refractivity contribution in [2.45, 2.75) is 24.2 Å². The van der Waals surface area contributed by atoms with E-state index in [1.165, 1.54) is 25.5 Å². The summed E-state index contributed by atoms with van der Waals surface area (Å²) in [4.78, 5) is 2.53.